The highest BCUT2D eigenvalue weighted by molar-refractivity contribution is 6.30. The highest BCUT2D eigenvalue weighted by atomic mass is 35.5. The maximum absolute atomic E-state index is 14.8. The fourth-order valence-corrected chi connectivity index (χ4v) is 6.33. The predicted octanol–water partition coefficient (Wildman–Crippen LogP) is 8.65. The molecule has 4 nitrogen and oxygen atoms in total. The topological polar surface area (TPSA) is 44.0 Å². The molecule has 0 aromatic heterocycles. The van der Waals surface area contributed by atoms with Gasteiger partial charge >= 0.3 is 0 Å². The van der Waals surface area contributed by atoms with Crippen LogP contribution in [0.5, 0.6) is 0 Å². The Balaban J connectivity index is 1.60. The molecule has 0 unspecified atom stereocenters. The molecule has 0 bridgehead atoms. The molecule has 7 rings (SSSR count). The summed E-state index contributed by atoms with van der Waals surface area (Å²) < 4.78 is 3.52. The molecule has 2 aliphatic carbocycles. The molecule has 0 fully saturated rings. The fraction of sp³-hybridized carbons (Fsp3) is 0.0769. The van der Waals surface area contributed by atoms with Gasteiger partial charge in [0.1, 0.15) is 0 Å². The second kappa shape index (κ2) is 11.1. The van der Waals surface area contributed by atoms with Gasteiger partial charge in [0.2, 0.25) is 0 Å². The minimum atomic E-state index is -0.666. The Labute approximate surface area is 260 Å². The molecular formula is C39H29ClN2O2. The van der Waals surface area contributed by atoms with Crippen LogP contribution in [0.4, 0.5) is 0 Å². The van der Waals surface area contributed by atoms with Crippen molar-refractivity contribution in [2.24, 2.45) is 0 Å². The number of aryl methyl sites for hydroxylation is 2. The Kier molecular flexibility index (Phi) is 7.00. The van der Waals surface area contributed by atoms with Crippen LogP contribution in [0, 0.1) is 13.8 Å². The lowest BCUT2D eigenvalue weighted by Gasteiger charge is -2.17. The van der Waals surface area contributed by atoms with Gasteiger partial charge in [-0.25, -0.2) is 0 Å². The van der Waals surface area contributed by atoms with Gasteiger partial charge in [0, 0.05) is 44.6 Å². The molecule has 4 aliphatic rings. The highest BCUT2D eigenvalue weighted by Gasteiger charge is 2.35. The number of benzene rings is 3. The Morgan fingerprint density at radius 1 is 0.500 bits per heavy atom. The zero-order chi connectivity index (χ0) is 30.4. The number of hydrogen-bond acceptors (Lipinski definition) is 2. The summed E-state index contributed by atoms with van der Waals surface area (Å²) in [5.41, 5.74) is 8.47. The average molecular weight is 593 g/mol. The summed E-state index contributed by atoms with van der Waals surface area (Å²) in [6.07, 6.45) is 0. The van der Waals surface area contributed by atoms with E-state index in [-0.39, 0.29) is 11.1 Å². The zero-order valence-electron chi connectivity index (χ0n) is 24.4. The van der Waals surface area contributed by atoms with Gasteiger partial charge in [-0.3, -0.25) is 18.7 Å². The normalized spacial score (nSPS) is 11.5. The van der Waals surface area contributed by atoms with Crippen LogP contribution in [0.15, 0.2) is 143 Å². The van der Waals surface area contributed by atoms with Gasteiger partial charge in [0.15, 0.2) is 0 Å². The van der Waals surface area contributed by atoms with Gasteiger partial charge < -0.3 is 0 Å². The number of halogens is 1. The molecule has 44 heavy (non-hydrogen) atoms. The summed E-state index contributed by atoms with van der Waals surface area (Å²) in [7, 11) is 0. The molecule has 3 aromatic rings. The summed E-state index contributed by atoms with van der Waals surface area (Å²) in [6.45, 7) is 4.05. The molecule has 0 atom stereocenters. The van der Waals surface area contributed by atoms with Crippen LogP contribution in [-0.2, 0) is 0 Å². The average Bonchev–Trinajstić information content (AvgIpc) is 3.22. The second-order valence-electron chi connectivity index (χ2n) is 11.2. The van der Waals surface area contributed by atoms with E-state index in [2.05, 4.69) is 0 Å². The van der Waals surface area contributed by atoms with E-state index in [1.807, 2.05) is 147 Å². The third-order valence-electron chi connectivity index (χ3n) is 8.32. The standard InChI is InChI=1S/C39H29ClN2O2/c1-25-13-21-29(22-14-25)41-33-11-7-3-5-9-31(33)36(38(41)43)35(27-17-19-28(40)20-18-27)37-32-10-6-4-8-12-34(32)42(39(37)44)30-23-15-26(2)16-24-30/h3-24,35H,1-2H3. The molecule has 2 aliphatic heterocycles. The van der Waals surface area contributed by atoms with Crippen molar-refractivity contribution in [3.05, 3.63) is 187 Å². The predicted molar refractivity (Wildman–Crippen MR) is 179 cm³/mol. The minimum absolute atomic E-state index is 0.161. The van der Waals surface area contributed by atoms with Crippen LogP contribution in [0.25, 0.3) is 33.9 Å². The smallest absolute Gasteiger partial charge is 0.260 e. The molecular weight excluding hydrogens is 564 g/mol. The van der Waals surface area contributed by atoms with E-state index in [1.165, 1.54) is 0 Å². The van der Waals surface area contributed by atoms with Gasteiger partial charge in [-0.1, -0.05) is 108 Å². The molecule has 5 heteroatoms. The Morgan fingerprint density at radius 2 is 0.909 bits per heavy atom. The summed E-state index contributed by atoms with van der Waals surface area (Å²) in [5, 5.41) is 0.583. The molecule has 214 valence electrons. The van der Waals surface area contributed by atoms with Crippen molar-refractivity contribution < 1.29 is 0 Å². The third kappa shape index (κ3) is 4.64. The van der Waals surface area contributed by atoms with E-state index >= 15 is 0 Å². The van der Waals surface area contributed by atoms with Crippen molar-refractivity contribution in [3.63, 3.8) is 0 Å². The number of nitrogens with zero attached hydrogens (tertiary/aromatic N) is 2. The number of rotatable bonds is 5. The first-order valence-corrected chi connectivity index (χ1v) is 15.0. The van der Waals surface area contributed by atoms with E-state index in [4.69, 9.17) is 11.6 Å². The van der Waals surface area contributed by atoms with Crippen LogP contribution in [-0.4, -0.2) is 9.13 Å². The number of aromatic nitrogens is 2. The lowest BCUT2D eigenvalue weighted by Crippen LogP contribution is -2.24. The second-order valence-corrected chi connectivity index (χ2v) is 11.6. The summed E-state index contributed by atoms with van der Waals surface area (Å²) in [5.74, 6) is -0.666. The summed E-state index contributed by atoms with van der Waals surface area (Å²) in [4.78, 5) is 29.6. The first-order chi connectivity index (χ1) is 21.4. The zero-order valence-corrected chi connectivity index (χ0v) is 25.1. The summed E-state index contributed by atoms with van der Waals surface area (Å²) in [6, 6.07) is 42.9. The van der Waals surface area contributed by atoms with E-state index in [0.29, 0.717) is 16.1 Å². The highest BCUT2D eigenvalue weighted by Crippen LogP contribution is 2.42. The first kappa shape index (κ1) is 27.6. The van der Waals surface area contributed by atoms with E-state index in [0.717, 1.165) is 50.6 Å². The van der Waals surface area contributed by atoms with Crippen molar-refractivity contribution in [1.82, 2.24) is 9.13 Å². The van der Waals surface area contributed by atoms with Gasteiger partial charge in [-0.05, 0) is 67.9 Å². The van der Waals surface area contributed by atoms with Crippen LogP contribution in [0.3, 0.4) is 0 Å². The maximum Gasteiger partial charge on any atom is 0.260 e. The third-order valence-corrected chi connectivity index (χ3v) is 8.58. The maximum atomic E-state index is 14.8. The fourth-order valence-electron chi connectivity index (χ4n) is 6.20. The van der Waals surface area contributed by atoms with Crippen molar-refractivity contribution in [2.45, 2.75) is 19.8 Å². The van der Waals surface area contributed by atoms with Crippen LogP contribution >= 0.6 is 11.6 Å². The lowest BCUT2D eigenvalue weighted by molar-refractivity contribution is 0.921. The quantitative estimate of drug-likeness (QED) is 0.201. The molecule has 3 aromatic carbocycles. The van der Waals surface area contributed by atoms with Gasteiger partial charge in [-0.15, -0.1) is 0 Å². The largest absolute Gasteiger partial charge is 0.277 e. The SMILES string of the molecule is Cc1ccc(-n2c3cccccc-3c(C(c3ccc(Cl)cc3)c3c4cccccc-4n(-c4ccc(C)cc4)c3=O)c2=O)cc1. The molecule has 0 N–H and O–H groups in total. The van der Waals surface area contributed by atoms with E-state index in [1.54, 1.807) is 9.13 Å². The van der Waals surface area contributed by atoms with Gasteiger partial charge in [0.05, 0.1) is 11.4 Å². The molecule has 0 amide bonds. The van der Waals surface area contributed by atoms with Crippen LogP contribution < -0.4 is 11.1 Å². The van der Waals surface area contributed by atoms with Crippen molar-refractivity contribution in [1.29, 1.82) is 0 Å². The van der Waals surface area contributed by atoms with Crippen molar-refractivity contribution >= 4 is 11.6 Å². The minimum Gasteiger partial charge on any atom is -0.277 e. The van der Waals surface area contributed by atoms with E-state index < -0.39 is 5.92 Å². The summed E-state index contributed by atoms with van der Waals surface area (Å²) >= 11 is 6.36. The van der Waals surface area contributed by atoms with Crippen molar-refractivity contribution in [3.8, 4) is 33.9 Å². The van der Waals surface area contributed by atoms with E-state index in [9.17, 15) is 9.59 Å². The monoisotopic (exact) mass is 592 g/mol. The van der Waals surface area contributed by atoms with Crippen LogP contribution in [0.2, 0.25) is 5.02 Å². The molecule has 0 saturated heterocycles. The Hall–Kier alpha value is -5.19. The first-order valence-electron chi connectivity index (χ1n) is 14.6. The molecule has 0 saturated carbocycles. The molecule has 0 spiro atoms. The number of fused-ring (bicyclic) bond motifs is 2. The van der Waals surface area contributed by atoms with Gasteiger partial charge in [0.25, 0.3) is 11.1 Å². The molecule has 2 heterocycles. The Bertz CT molecular complexity index is 2040. The number of hydrogen-bond donors (Lipinski definition) is 0. The van der Waals surface area contributed by atoms with Crippen molar-refractivity contribution in [2.75, 3.05) is 0 Å². The lowest BCUT2D eigenvalue weighted by atomic mass is 9.83. The Morgan fingerprint density at radius 3 is 1.34 bits per heavy atom. The van der Waals surface area contributed by atoms with Gasteiger partial charge in [-0.2, -0.15) is 0 Å². The van der Waals surface area contributed by atoms with Crippen LogP contribution in [0.1, 0.15) is 33.7 Å². The molecule has 0 radical (unpaired) electrons.